The van der Waals surface area contributed by atoms with Crippen molar-refractivity contribution in [1.29, 1.82) is 0 Å². The van der Waals surface area contributed by atoms with Gasteiger partial charge in [-0.2, -0.15) is 0 Å². The first kappa shape index (κ1) is 15.1. The molecule has 1 fully saturated rings. The molecule has 2 nitrogen and oxygen atoms in total. The molecular weight excluding hydrogens is 316 g/mol. The lowest BCUT2D eigenvalue weighted by Gasteiger charge is -2.44. The molecule has 1 saturated carbocycles. The summed E-state index contributed by atoms with van der Waals surface area (Å²) in [7, 11) is 0. The normalized spacial score (nSPS) is 41.6. The van der Waals surface area contributed by atoms with Gasteiger partial charge < -0.3 is 4.74 Å². The number of esters is 1. The van der Waals surface area contributed by atoms with E-state index >= 15 is 0 Å². The van der Waals surface area contributed by atoms with E-state index in [4.69, 9.17) is 4.74 Å². The summed E-state index contributed by atoms with van der Waals surface area (Å²) in [6, 6.07) is 8.18. The zero-order chi connectivity index (χ0) is 16.9. The van der Waals surface area contributed by atoms with Gasteiger partial charge in [0.1, 0.15) is 5.75 Å². The largest absolute Gasteiger partial charge is 0.426 e. The van der Waals surface area contributed by atoms with E-state index in [0.29, 0.717) is 5.92 Å². The van der Waals surface area contributed by atoms with Gasteiger partial charge in [-0.1, -0.05) is 45.9 Å². The van der Waals surface area contributed by atoms with Crippen LogP contribution in [-0.2, 0) is 4.79 Å². The van der Waals surface area contributed by atoms with Crippen LogP contribution in [0.25, 0.3) is 0 Å². The Labute approximate surface area is 148 Å². The van der Waals surface area contributed by atoms with Gasteiger partial charge in [0.05, 0.1) is 5.92 Å². The van der Waals surface area contributed by atoms with Gasteiger partial charge in [0.2, 0.25) is 0 Å². The fraction of sp³-hybridized carbons (Fsp3) is 0.571. The Bertz CT molecular complexity index is 793. The fourth-order valence-electron chi connectivity index (χ4n) is 5.90. The number of hydrogen-bond donors (Lipinski definition) is 0. The summed E-state index contributed by atoms with van der Waals surface area (Å²) < 4.78 is 5.70. The Kier molecular flexibility index (Phi) is 2.82. The van der Waals surface area contributed by atoms with Crippen molar-refractivity contribution in [3.8, 4) is 5.75 Å². The predicted octanol–water partition coefficient (Wildman–Crippen LogP) is 5.15. The molecule has 3 heteroatoms. The van der Waals surface area contributed by atoms with Crippen molar-refractivity contribution < 1.29 is 9.53 Å². The van der Waals surface area contributed by atoms with Gasteiger partial charge in [-0.05, 0) is 40.7 Å². The fourth-order valence-corrected chi connectivity index (χ4v) is 7.72. The molecule has 2 bridgehead atoms. The second-order valence-electron chi connectivity index (χ2n) is 8.71. The molecule has 5 atom stereocenters. The van der Waals surface area contributed by atoms with E-state index < -0.39 is 0 Å². The molecule has 0 radical (unpaired) electrons. The molecule has 2 aliphatic heterocycles. The summed E-state index contributed by atoms with van der Waals surface area (Å²) in [5.74, 6) is 1.53. The number of ether oxygens (including phenoxy) is 1. The molecule has 24 heavy (non-hydrogen) atoms. The van der Waals surface area contributed by atoms with E-state index in [-0.39, 0.29) is 33.9 Å². The summed E-state index contributed by atoms with van der Waals surface area (Å²) in [6.45, 7) is 9.55. The smallest absolute Gasteiger partial charge is 0.316 e. The van der Waals surface area contributed by atoms with Crippen molar-refractivity contribution in [1.82, 2.24) is 0 Å². The highest BCUT2D eigenvalue weighted by atomic mass is 32.2. The minimum absolute atomic E-state index is 0.0315. The predicted molar refractivity (Wildman–Crippen MR) is 97.0 cm³/mol. The monoisotopic (exact) mass is 340 g/mol. The Morgan fingerprint density at radius 1 is 1.21 bits per heavy atom. The molecule has 0 spiro atoms. The zero-order valence-corrected chi connectivity index (χ0v) is 15.6. The van der Waals surface area contributed by atoms with Crippen LogP contribution in [0.15, 0.2) is 34.7 Å². The average Bonchev–Trinajstić information content (AvgIpc) is 2.86. The number of fused-ring (bicyclic) bond motifs is 8. The maximum Gasteiger partial charge on any atom is 0.316 e. The second kappa shape index (κ2) is 4.49. The van der Waals surface area contributed by atoms with E-state index in [1.165, 1.54) is 18.4 Å². The summed E-state index contributed by atoms with van der Waals surface area (Å²) in [5.41, 5.74) is 3.36. The van der Waals surface area contributed by atoms with Crippen molar-refractivity contribution in [3.63, 3.8) is 0 Å². The molecule has 0 unspecified atom stereocenters. The third-order valence-electron chi connectivity index (χ3n) is 7.61. The molecular formula is C21H24O2S. The van der Waals surface area contributed by atoms with Crippen molar-refractivity contribution in [3.05, 3.63) is 40.3 Å². The van der Waals surface area contributed by atoms with Gasteiger partial charge in [0, 0.05) is 22.1 Å². The van der Waals surface area contributed by atoms with Gasteiger partial charge in [0.25, 0.3) is 0 Å². The van der Waals surface area contributed by atoms with E-state index in [0.717, 1.165) is 5.75 Å². The zero-order valence-electron chi connectivity index (χ0n) is 14.8. The van der Waals surface area contributed by atoms with Crippen molar-refractivity contribution >= 4 is 17.7 Å². The van der Waals surface area contributed by atoms with E-state index in [9.17, 15) is 4.79 Å². The number of benzene rings is 1. The number of para-hydroxylation sites is 1. The Morgan fingerprint density at radius 2 is 1.96 bits per heavy atom. The third kappa shape index (κ3) is 1.53. The van der Waals surface area contributed by atoms with E-state index in [1.807, 2.05) is 23.9 Å². The molecule has 0 amide bonds. The number of hydrogen-bond acceptors (Lipinski definition) is 3. The Balaban J connectivity index is 1.77. The maximum atomic E-state index is 12.8. The Morgan fingerprint density at radius 3 is 2.75 bits per heavy atom. The highest BCUT2D eigenvalue weighted by molar-refractivity contribution is 8.03. The van der Waals surface area contributed by atoms with E-state index in [2.05, 4.69) is 39.8 Å². The summed E-state index contributed by atoms with van der Waals surface area (Å²) >= 11 is 1.96. The van der Waals surface area contributed by atoms with Gasteiger partial charge in [0.15, 0.2) is 0 Å². The molecule has 126 valence electrons. The SMILES string of the molecule is C[C@@H]1SC2=C([C@@H]3c4ccccc4OC(=O)[C@H]13)[C@H]1CC[C@]2(C)C1(C)C. The molecule has 0 N–H and O–H groups in total. The molecule has 0 aromatic heterocycles. The van der Waals surface area contributed by atoms with Crippen LogP contribution in [0.4, 0.5) is 0 Å². The van der Waals surface area contributed by atoms with E-state index in [1.54, 1.807) is 10.5 Å². The molecule has 0 saturated heterocycles. The first-order valence-electron chi connectivity index (χ1n) is 9.08. The van der Waals surface area contributed by atoms with Crippen LogP contribution >= 0.6 is 11.8 Å². The van der Waals surface area contributed by atoms with Crippen LogP contribution < -0.4 is 4.74 Å². The highest BCUT2D eigenvalue weighted by Gasteiger charge is 2.65. The third-order valence-corrected chi connectivity index (χ3v) is 9.19. The number of carbonyl (C=O) groups is 1. The first-order valence-corrected chi connectivity index (χ1v) is 9.96. The molecule has 5 rings (SSSR count). The molecule has 2 heterocycles. The van der Waals surface area contributed by atoms with Crippen LogP contribution in [0.3, 0.4) is 0 Å². The molecule has 1 aromatic rings. The number of carbonyl (C=O) groups excluding carboxylic acids is 1. The van der Waals surface area contributed by atoms with Gasteiger partial charge in [-0.15, -0.1) is 11.8 Å². The second-order valence-corrected chi connectivity index (χ2v) is 10.1. The lowest BCUT2D eigenvalue weighted by Crippen LogP contribution is -2.41. The van der Waals surface area contributed by atoms with Crippen LogP contribution in [0.2, 0.25) is 0 Å². The average molecular weight is 340 g/mol. The lowest BCUT2D eigenvalue weighted by atomic mass is 9.68. The summed E-state index contributed by atoms with van der Waals surface area (Å²) in [6.07, 6.45) is 2.55. The number of thioether (sulfide) groups is 1. The topological polar surface area (TPSA) is 26.3 Å². The first-order chi connectivity index (χ1) is 11.4. The maximum absolute atomic E-state index is 12.8. The minimum Gasteiger partial charge on any atom is -0.426 e. The quantitative estimate of drug-likeness (QED) is 0.482. The van der Waals surface area contributed by atoms with Crippen molar-refractivity contribution in [2.24, 2.45) is 22.7 Å². The molecule has 4 aliphatic rings. The molecule has 2 aliphatic carbocycles. The van der Waals surface area contributed by atoms with Crippen LogP contribution in [0, 0.1) is 22.7 Å². The van der Waals surface area contributed by atoms with Crippen LogP contribution in [0.5, 0.6) is 5.75 Å². The number of allylic oxidation sites excluding steroid dienone is 2. The van der Waals surface area contributed by atoms with Gasteiger partial charge in [-0.25, -0.2) is 0 Å². The van der Waals surface area contributed by atoms with Crippen molar-refractivity contribution in [2.45, 2.75) is 51.7 Å². The molecule has 1 aromatic carbocycles. The number of rotatable bonds is 0. The van der Waals surface area contributed by atoms with Crippen LogP contribution in [-0.4, -0.2) is 11.2 Å². The minimum atomic E-state index is -0.0394. The lowest BCUT2D eigenvalue weighted by molar-refractivity contribution is -0.140. The highest BCUT2D eigenvalue weighted by Crippen LogP contribution is 2.75. The summed E-state index contributed by atoms with van der Waals surface area (Å²) in [4.78, 5) is 14.4. The Hall–Kier alpha value is -1.22. The van der Waals surface area contributed by atoms with Crippen LogP contribution in [0.1, 0.15) is 52.0 Å². The van der Waals surface area contributed by atoms with Gasteiger partial charge in [-0.3, -0.25) is 4.79 Å². The standard InChI is InChI=1S/C21H24O2S/c1-11-15-16(12-7-5-6-8-14(12)23-19(15)22)17-13-9-10-21(4,18(17)24-11)20(13,2)3/h5-8,11,13,15-16H,9-10H2,1-4H3/t11-,13+,15+,16+,21-/m0/s1. The van der Waals surface area contributed by atoms with Crippen molar-refractivity contribution in [2.75, 3.05) is 0 Å². The summed E-state index contributed by atoms with van der Waals surface area (Å²) in [5, 5.41) is 0.279. The van der Waals surface area contributed by atoms with Gasteiger partial charge >= 0.3 is 5.97 Å².